The molecular formula is C62H74O4S2. The Hall–Kier alpha value is -4.52. The van der Waals surface area contributed by atoms with Gasteiger partial charge in [0, 0.05) is 24.3 Å². The SMILES string of the molecule is O=C(CCCCCCCCCCSSCCCCCCCCCCC(=O)OCCCCc1cc2ccc3cccc4ccc(c1)c2c34)OCCCCc1cc2ccc3cccc4ccc(c1)c2c34. The molecular weight excluding hydrogens is 873 g/mol. The average Bonchev–Trinajstić information content (AvgIpc) is 3.36. The Morgan fingerprint density at radius 3 is 0.971 bits per heavy atom. The number of ether oxygens (including phenoxy) is 2. The van der Waals surface area contributed by atoms with Crippen molar-refractivity contribution in [3.63, 3.8) is 0 Å². The first kappa shape index (κ1) is 49.9. The molecule has 0 aliphatic carbocycles. The van der Waals surface area contributed by atoms with Gasteiger partial charge in [-0.05, 0) is 140 Å². The number of carbonyl (C=O) groups excluding carboxylic acids is 2. The highest BCUT2D eigenvalue weighted by molar-refractivity contribution is 8.76. The third-order valence-electron chi connectivity index (χ3n) is 14.1. The Morgan fingerprint density at radius 1 is 0.324 bits per heavy atom. The normalized spacial score (nSPS) is 11.9. The number of carbonyl (C=O) groups is 2. The number of hydrogen-bond donors (Lipinski definition) is 0. The standard InChI is InChI=1S/C62H74O4S2/c63-57(65-39-17-15-23-47-43-53-35-31-49-25-21-26-50-32-36-54(44-47)61(53)59(49)50)29-13-9-5-1-3-7-11-19-41-67-68-42-20-12-8-4-2-6-10-14-30-58(64)66-40-18-16-24-48-45-55-37-33-51-27-22-28-52-34-38-56(46-48)62(55)60(51)52/h21-22,25-28,31-38,43-46H,1-20,23-24,29-30,39-42H2. The molecule has 8 rings (SSSR count). The predicted molar refractivity (Wildman–Crippen MR) is 296 cm³/mol. The van der Waals surface area contributed by atoms with Crippen LogP contribution in [0.4, 0.5) is 0 Å². The summed E-state index contributed by atoms with van der Waals surface area (Å²) in [5, 5.41) is 16.0. The summed E-state index contributed by atoms with van der Waals surface area (Å²) in [4.78, 5) is 24.6. The fourth-order valence-electron chi connectivity index (χ4n) is 10.4. The van der Waals surface area contributed by atoms with Crippen LogP contribution in [-0.2, 0) is 31.9 Å². The van der Waals surface area contributed by atoms with Crippen molar-refractivity contribution in [1.82, 2.24) is 0 Å². The van der Waals surface area contributed by atoms with E-state index in [0.717, 1.165) is 64.2 Å². The number of esters is 2. The van der Waals surface area contributed by atoms with Gasteiger partial charge in [-0.2, -0.15) is 0 Å². The molecule has 0 unspecified atom stereocenters. The minimum Gasteiger partial charge on any atom is -0.466 e. The van der Waals surface area contributed by atoms with Crippen LogP contribution in [0.3, 0.4) is 0 Å². The summed E-state index contributed by atoms with van der Waals surface area (Å²) >= 11 is 0. The van der Waals surface area contributed by atoms with E-state index < -0.39 is 0 Å². The zero-order valence-corrected chi connectivity index (χ0v) is 42.3. The number of benzene rings is 8. The van der Waals surface area contributed by atoms with Gasteiger partial charge in [-0.3, -0.25) is 9.59 Å². The lowest BCUT2D eigenvalue weighted by atomic mass is 9.92. The molecule has 68 heavy (non-hydrogen) atoms. The molecule has 6 heteroatoms. The topological polar surface area (TPSA) is 52.6 Å². The molecule has 8 aromatic rings. The lowest BCUT2D eigenvalue weighted by Crippen LogP contribution is -2.06. The third kappa shape index (κ3) is 14.5. The van der Waals surface area contributed by atoms with Crippen LogP contribution in [0, 0.1) is 0 Å². The average molecular weight is 947 g/mol. The first-order valence-electron chi connectivity index (χ1n) is 26.5. The molecule has 4 nitrogen and oxygen atoms in total. The van der Waals surface area contributed by atoms with Gasteiger partial charge in [0.05, 0.1) is 13.2 Å². The fourth-order valence-corrected chi connectivity index (χ4v) is 12.7. The van der Waals surface area contributed by atoms with E-state index in [-0.39, 0.29) is 11.9 Å². The summed E-state index contributed by atoms with van der Waals surface area (Å²) in [5.74, 6) is 2.48. The molecule has 0 saturated heterocycles. The minimum absolute atomic E-state index is 0.0301. The second kappa shape index (κ2) is 27.0. The van der Waals surface area contributed by atoms with E-state index in [1.165, 1.54) is 164 Å². The van der Waals surface area contributed by atoms with Gasteiger partial charge in [0.2, 0.25) is 0 Å². The summed E-state index contributed by atoms with van der Waals surface area (Å²) in [7, 11) is 4.12. The van der Waals surface area contributed by atoms with E-state index >= 15 is 0 Å². The van der Waals surface area contributed by atoms with Crippen molar-refractivity contribution < 1.29 is 19.1 Å². The van der Waals surface area contributed by atoms with Crippen LogP contribution in [-0.4, -0.2) is 36.7 Å². The lowest BCUT2D eigenvalue weighted by molar-refractivity contribution is -0.144. The first-order chi connectivity index (χ1) is 33.6. The molecule has 0 saturated carbocycles. The zero-order chi connectivity index (χ0) is 46.6. The molecule has 0 fully saturated rings. The maximum absolute atomic E-state index is 12.3. The zero-order valence-electron chi connectivity index (χ0n) is 40.6. The van der Waals surface area contributed by atoms with Crippen molar-refractivity contribution in [2.24, 2.45) is 0 Å². The van der Waals surface area contributed by atoms with Crippen LogP contribution in [0.15, 0.2) is 109 Å². The molecule has 0 atom stereocenters. The van der Waals surface area contributed by atoms with Crippen LogP contribution in [0.1, 0.15) is 152 Å². The van der Waals surface area contributed by atoms with Gasteiger partial charge in [0.1, 0.15) is 0 Å². The van der Waals surface area contributed by atoms with Gasteiger partial charge in [-0.1, -0.05) is 208 Å². The van der Waals surface area contributed by atoms with Crippen LogP contribution in [0.2, 0.25) is 0 Å². The van der Waals surface area contributed by atoms with Crippen molar-refractivity contribution in [1.29, 1.82) is 0 Å². The van der Waals surface area contributed by atoms with Gasteiger partial charge in [0.15, 0.2) is 0 Å². The van der Waals surface area contributed by atoms with Gasteiger partial charge in [-0.15, -0.1) is 0 Å². The fraction of sp³-hybridized carbons (Fsp3) is 0.452. The molecule has 0 heterocycles. The monoisotopic (exact) mass is 947 g/mol. The Kier molecular flexibility index (Phi) is 19.8. The van der Waals surface area contributed by atoms with Crippen LogP contribution >= 0.6 is 21.6 Å². The number of unbranched alkanes of at least 4 members (excludes halogenated alkanes) is 16. The summed E-state index contributed by atoms with van der Waals surface area (Å²) < 4.78 is 11.1. The Balaban J connectivity index is 0.525. The van der Waals surface area contributed by atoms with E-state index in [1.54, 1.807) is 0 Å². The molecule has 8 aromatic carbocycles. The van der Waals surface area contributed by atoms with Crippen molar-refractivity contribution >= 4 is 98.2 Å². The number of hydrogen-bond acceptors (Lipinski definition) is 6. The van der Waals surface area contributed by atoms with E-state index in [1.807, 2.05) is 0 Å². The Bertz CT molecular complexity index is 2460. The maximum Gasteiger partial charge on any atom is 0.305 e. The molecule has 0 aliphatic heterocycles. The van der Waals surface area contributed by atoms with Gasteiger partial charge >= 0.3 is 11.9 Å². The number of rotatable bonds is 33. The smallest absolute Gasteiger partial charge is 0.305 e. The van der Waals surface area contributed by atoms with E-state index in [4.69, 9.17) is 9.47 Å². The summed E-state index contributed by atoms with van der Waals surface area (Å²) in [5.41, 5.74) is 2.72. The van der Waals surface area contributed by atoms with Crippen LogP contribution < -0.4 is 0 Å². The van der Waals surface area contributed by atoms with Gasteiger partial charge in [0.25, 0.3) is 0 Å². The van der Waals surface area contributed by atoms with Gasteiger partial charge in [-0.25, -0.2) is 0 Å². The molecule has 0 radical (unpaired) electrons. The predicted octanol–water partition coefficient (Wildman–Crippen LogP) is 18.3. The summed E-state index contributed by atoms with van der Waals surface area (Å²) in [6.45, 7) is 1.06. The molecule has 0 aromatic heterocycles. The van der Waals surface area contributed by atoms with Crippen LogP contribution in [0.5, 0.6) is 0 Å². The highest BCUT2D eigenvalue weighted by Gasteiger charge is 2.12. The van der Waals surface area contributed by atoms with Crippen molar-refractivity contribution in [2.45, 2.75) is 154 Å². The Morgan fingerprint density at radius 2 is 0.618 bits per heavy atom. The highest BCUT2D eigenvalue weighted by Crippen LogP contribution is 2.37. The van der Waals surface area contributed by atoms with Crippen LogP contribution in [0.25, 0.3) is 64.6 Å². The molecule has 0 bridgehead atoms. The van der Waals surface area contributed by atoms with Gasteiger partial charge < -0.3 is 9.47 Å². The first-order valence-corrected chi connectivity index (χ1v) is 29.0. The molecule has 0 spiro atoms. The summed E-state index contributed by atoms with van der Waals surface area (Å²) in [6.07, 6.45) is 26.8. The van der Waals surface area contributed by atoms with Crippen molar-refractivity contribution in [2.75, 3.05) is 24.7 Å². The van der Waals surface area contributed by atoms with E-state index in [0.29, 0.717) is 26.1 Å². The quantitative estimate of drug-likeness (QED) is 0.0177. The second-order valence-corrected chi connectivity index (χ2v) is 22.1. The molecule has 0 N–H and O–H groups in total. The maximum atomic E-state index is 12.3. The van der Waals surface area contributed by atoms with E-state index in [2.05, 4.69) is 131 Å². The van der Waals surface area contributed by atoms with Crippen molar-refractivity contribution in [3.8, 4) is 0 Å². The second-order valence-electron chi connectivity index (χ2n) is 19.4. The Labute approximate surface area is 414 Å². The highest BCUT2D eigenvalue weighted by atomic mass is 33.1. The molecule has 0 amide bonds. The summed E-state index contributed by atoms with van der Waals surface area (Å²) in [6, 6.07) is 40.5. The largest absolute Gasteiger partial charge is 0.466 e. The minimum atomic E-state index is -0.0301. The lowest BCUT2D eigenvalue weighted by Gasteiger charge is -2.12. The third-order valence-corrected chi connectivity index (χ3v) is 16.7. The number of aryl methyl sites for hydroxylation is 2. The van der Waals surface area contributed by atoms with E-state index in [9.17, 15) is 9.59 Å². The van der Waals surface area contributed by atoms with Crippen molar-refractivity contribution in [3.05, 3.63) is 120 Å². The molecule has 0 aliphatic rings. The molecule has 358 valence electrons.